The van der Waals surface area contributed by atoms with E-state index >= 15 is 0 Å². The minimum Gasteiger partial charge on any atom is -0.481 e. The van der Waals surface area contributed by atoms with E-state index in [0.717, 1.165) is 16.9 Å². The average Bonchev–Trinajstić information content (AvgIpc) is 2.35. The molecular formula is C16H17NO2. The smallest absolute Gasteiger partial charge is 0.307 e. The van der Waals surface area contributed by atoms with Crippen LogP contribution in [0.2, 0.25) is 0 Å². The van der Waals surface area contributed by atoms with Crippen molar-refractivity contribution < 1.29 is 9.90 Å². The van der Waals surface area contributed by atoms with Crippen LogP contribution < -0.4 is 5.32 Å². The molecule has 0 aromatic heterocycles. The van der Waals surface area contributed by atoms with Crippen LogP contribution in [0.25, 0.3) is 0 Å². The number of rotatable bonds is 4. The Morgan fingerprint density at radius 1 is 1.05 bits per heavy atom. The third-order valence-electron chi connectivity index (χ3n) is 3.06. The number of carboxylic acid groups (broad SMARTS) is 1. The number of carbonyl (C=O) groups is 1. The molecule has 2 N–H and O–H groups in total. The highest BCUT2D eigenvalue weighted by molar-refractivity contribution is 5.71. The van der Waals surface area contributed by atoms with Gasteiger partial charge in [-0.1, -0.05) is 30.3 Å². The molecule has 2 rings (SSSR count). The lowest BCUT2D eigenvalue weighted by Crippen LogP contribution is -2.00. The van der Waals surface area contributed by atoms with Gasteiger partial charge in [0, 0.05) is 11.4 Å². The lowest BCUT2D eigenvalue weighted by molar-refractivity contribution is -0.136. The fourth-order valence-corrected chi connectivity index (χ4v) is 2.04. The molecule has 2 aromatic carbocycles. The summed E-state index contributed by atoms with van der Waals surface area (Å²) in [5, 5.41) is 12.1. The number of carboxylic acids is 1. The summed E-state index contributed by atoms with van der Waals surface area (Å²) < 4.78 is 0. The summed E-state index contributed by atoms with van der Waals surface area (Å²) in [5.41, 5.74) is 5.25. The molecule has 0 bridgehead atoms. The maximum Gasteiger partial charge on any atom is 0.307 e. The Balaban J connectivity index is 2.18. The SMILES string of the molecule is Cc1cccc(C)c1Nc1ccc(CC(=O)O)cc1. The van der Waals surface area contributed by atoms with Gasteiger partial charge < -0.3 is 10.4 Å². The molecule has 0 atom stereocenters. The summed E-state index contributed by atoms with van der Waals surface area (Å²) in [5.74, 6) is -0.810. The van der Waals surface area contributed by atoms with Crippen LogP contribution in [0.5, 0.6) is 0 Å². The number of para-hydroxylation sites is 1. The second-order valence-corrected chi connectivity index (χ2v) is 4.66. The largest absolute Gasteiger partial charge is 0.481 e. The van der Waals surface area contributed by atoms with Gasteiger partial charge >= 0.3 is 5.97 Å². The molecule has 0 aliphatic carbocycles. The van der Waals surface area contributed by atoms with Gasteiger partial charge in [-0.15, -0.1) is 0 Å². The summed E-state index contributed by atoms with van der Waals surface area (Å²) in [6.07, 6.45) is 0.0592. The van der Waals surface area contributed by atoms with Crippen molar-refractivity contribution in [1.29, 1.82) is 0 Å². The lowest BCUT2D eigenvalue weighted by atomic mass is 10.1. The Kier molecular flexibility index (Phi) is 3.85. The molecule has 0 aliphatic rings. The van der Waals surface area contributed by atoms with E-state index in [9.17, 15) is 4.79 Å². The van der Waals surface area contributed by atoms with Gasteiger partial charge in [-0.2, -0.15) is 0 Å². The van der Waals surface area contributed by atoms with Gasteiger partial charge in [-0.25, -0.2) is 0 Å². The summed E-state index contributed by atoms with van der Waals surface area (Å²) in [6.45, 7) is 4.13. The molecule has 0 aliphatic heterocycles. The van der Waals surface area contributed by atoms with Crippen LogP contribution in [0, 0.1) is 13.8 Å². The van der Waals surface area contributed by atoms with Crippen molar-refractivity contribution in [2.75, 3.05) is 5.32 Å². The van der Waals surface area contributed by atoms with Crippen LogP contribution in [0.1, 0.15) is 16.7 Å². The topological polar surface area (TPSA) is 49.3 Å². The molecule has 0 saturated heterocycles. The van der Waals surface area contributed by atoms with E-state index in [1.165, 1.54) is 11.1 Å². The Morgan fingerprint density at radius 3 is 2.16 bits per heavy atom. The second kappa shape index (κ2) is 5.57. The van der Waals surface area contributed by atoms with Crippen LogP contribution in [-0.2, 0) is 11.2 Å². The van der Waals surface area contributed by atoms with Gasteiger partial charge in [0.25, 0.3) is 0 Å². The molecule has 0 amide bonds. The summed E-state index contributed by atoms with van der Waals surface area (Å²) >= 11 is 0. The van der Waals surface area contributed by atoms with Crippen molar-refractivity contribution in [2.45, 2.75) is 20.3 Å². The molecular weight excluding hydrogens is 238 g/mol. The third-order valence-corrected chi connectivity index (χ3v) is 3.06. The van der Waals surface area contributed by atoms with Crippen molar-refractivity contribution in [3.05, 3.63) is 59.2 Å². The zero-order valence-electron chi connectivity index (χ0n) is 11.1. The molecule has 3 nitrogen and oxygen atoms in total. The third kappa shape index (κ3) is 3.35. The molecule has 0 radical (unpaired) electrons. The molecule has 2 aromatic rings. The number of aryl methyl sites for hydroxylation is 2. The van der Waals surface area contributed by atoms with Crippen LogP contribution in [0.15, 0.2) is 42.5 Å². The standard InChI is InChI=1S/C16H17NO2/c1-11-4-3-5-12(2)16(11)17-14-8-6-13(7-9-14)10-15(18)19/h3-9,17H,10H2,1-2H3,(H,18,19). The highest BCUT2D eigenvalue weighted by Gasteiger charge is 2.03. The molecule has 0 heterocycles. The van der Waals surface area contributed by atoms with Gasteiger partial charge in [0.2, 0.25) is 0 Å². The minimum atomic E-state index is -0.810. The molecule has 19 heavy (non-hydrogen) atoms. The Hall–Kier alpha value is -2.29. The van der Waals surface area contributed by atoms with Gasteiger partial charge in [-0.3, -0.25) is 4.79 Å². The summed E-state index contributed by atoms with van der Waals surface area (Å²) in [4.78, 5) is 10.6. The summed E-state index contributed by atoms with van der Waals surface area (Å²) in [6, 6.07) is 13.6. The Labute approximate surface area is 112 Å². The second-order valence-electron chi connectivity index (χ2n) is 4.66. The zero-order chi connectivity index (χ0) is 13.8. The van der Waals surface area contributed by atoms with Crippen LogP contribution >= 0.6 is 0 Å². The molecule has 3 heteroatoms. The number of hydrogen-bond acceptors (Lipinski definition) is 2. The van der Waals surface area contributed by atoms with Crippen molar-refractivity contribution >= 4 is 17.3 Å². The predicted octanol–water partition coefficient (Wildman–Crippen LogP) is 3.67. The van der Waals surface area contributed by atoms with E-state index in [1.807, 2.05) is 30.3 Å². The van der Waals surface area contributed by atoms with Gasteiger partial charge in [0.15, 0.2) is 0 Å². The van der Waals surface area contributed by atoms with Crippen molar-refractivity contribution in [3.8, 4) is 0 Å². The maximum absolute atomic E-state index is 10.6. The van der Waals surface area contributed by atoms with E-state index < -0.39 is 5.97 Å². The highest BCUT2D eigenvalue weighted by atomic mass is 16.4. The first-order chi connectivity index (χ1) is 9.06. The molecule has 0 fully saturated rings. The number of anilines is 2. The summed E-state index contributed by atoms with van der Waals surface area (Å²) in [7, 11) is 0. The number of benzene rings is 2. The van der Waals surface area contributed by atoms with Gasteiger partial charge in [-0.05, 0) is 42.7 Å². The predicted molar refractivity (Wildman–Crippen MR) is 77.0 cm³/mol. The fourth-order valence-electron chi connectivity index (χ4n) is 2.04. The van der Waals surface area contributed by atoms with Crippen molar-refractivity contribution in [1.82, 2.24) is 0 Å². The molecule has 0 spiro atoms. The lowest BCUT2D eigenvalue weighted by Gasteiger charge is -2.12. The van der Waals surface area contributed by atoms with Gasteiger partial charge in [0.05, 0.1) is 6.42 Å². The number of nitrogens with one attached hydrogen (secondary N) is 1. The van der Waals surface area contributed by atoms with Crippen molar-refractivity contribution in [2.24, 2.45) is 0 Å². The van der Waals surface area contributed by atoms with Gasteiger partial charge in [0.1, 0.15) is 0 Å². The van der Waals surface area contributed by atoms with Crippen LogP contribution in [0.4, 0.5) is 11.4 Å². The minimum absolute atomic E-state index is 0.0592. The Bertz CT molecular complexity index is 568. The van der Waals surface area contributed by atoms with Crippen LogP contribution in [0.3, 0.4) is 0 Å². The molecule has 98 valence electrons. The van der Waals surface area contributed by atoms with E-state index in [4.69, 9.17) is 5.11 Å². The van der Waals surface area contributed by atoms with E-state index in [2.05, 4.69) is 31.3 Å². The molecule has 0 unspecified atom stereocenters. The first kappa shape index (κ1) is 13.1. The fraction of sp³-hybridized carbons (Fsp3) is 0.188. The van der Waals surface area contributed by atoms with E-state index in [-0.39, 0.29) is 6.42 Å². The zero-order valence-corrected chi connectivity index (χ0v) is 11.1. The molecule has 0 saturated carbocycles. The maximum atomic E-state index is 10.6. The number of aliphatic carboxylic acids is 1. The van der Waals surface area contributed by atoms with Crippen molar-refractivity contribution in [3.63, 3.8) is 0 Å². The first-order valence-electron chi connectivity index (χ1n) is 6.20. The first-order valence-corrected chi connectivity index (χ1v) is 6.20. The monoisotopic (exact) mass is 255 g/mol. The van der Waals surface area contributed by atoms with Crippen LogP contribution in [-0.4, -0.2) is 11.1 Å². The average molecular weight is 255 g/mol. The normalized spacial score (nSPS) is 10.2. The Morgan fingerprint density at radius 2 is 1.63 bits per heavy atom. The van der Waals surface area contributed by atoms with E-state index in [1.54, 1.807) is 0 Å². The quantitative estimate of drug-likeness (QED) is 0.876. The number of hydrogen-bond donors (Lipinski definition) is 2. The highest BCUT2D eigenvalue weighted by Crippen LogP contribution is 2.24. The van der Waals surface area contributed by atoms with E-state index in [0.29, 0.717) is 0 Å².